The molecule has 0 unspecified atom stereocenters. The van der Waals surface area contributed by atoms with E-state index < -0.39 is 0 Å². The fourth-order valence-electron chi connectivity index (χ4n) is 1.30. The first-order valence-electron chi connectivity index (χ1n) is 4.55. The molecule has 0 heterocycles. The van der Waals surface area contributed by atoms with E-state index in [1.807, 2.05) is 0 Å². The van der Waals surface area contributed by atoms with Crippen LogP contribution in [0.5, 0.6) is 0 Å². The molecule has 4 N–H and O–H groups in total. The third-order valence-electron chi connectivity index (χ3n) is 2.08. The fourth-order valence-corrected chi connectivity index (χ4v) is 1.60. The van der Waals surface area contributed by atoms with Gasteiger partial charge in [-0.3, -0.25) is 0 Å². The molecule has 0 saturated carbocycles. The van der Waals surface area contributed by atoms with Crippen LogP contribution >= 0.6 is 24.0 Å². The maximum atomic E-state index is 12.7. The van der Waals surface area contributed by atoms with Crippen LogP contribution in [0.15, 0.2) is 18.2 Å². The van der Waals surface area contributed by atoms with E-state index in [1.54, 1.807) is 6.07 Å². The Hall–Kier alpha value is -0.350. The number of hydrogen-bond donors (Lipinski definition) is 2. The molecule has 0 aliphatic carbocycles. The monoisotopic (exact) mass is 252 g/mol. The summed E-state index contributed by atoms with van der Waals surface area (Å²) < 4.78 is 12.7. The second-order valence-corrected chi connectivity index (χ2v) is 3.61. The van der Waals surface area contributed by atoms with Crippen molar-refractivity contribution in [3.8, 4) is 0 Å². The average molecular weight is 253 g/mol. The van der Waals surface area contributed by atoms with Gasteiger partial charge in [-0.15, -0.1) is 12.4 Å². The summed E-state index contributed by atoms with van der Waals surface area (Å²) in [7, 11) is 0. The smallest absolute Gasteiger partial charge is 0.124 e. The second-order valence-electron chi connectivity index (χ2n) is 3.20. The van der Waals surface area contributed by atoms with E-state index in [-0.39, 0.29) is 24.3 Å². The van der Waals surface area contributed by atoms with Crippen LogP contribution in [0.2, 0.25) is 5.02 Å². The summed E-state index contributed by atoms with van der Waals surface area (Å²) in [6, 6.07) is 4.10. The predicted octanol–water partition coefficient (Wildman–Crippen LogP) is 2.64. The van der Waals surface area contributed by atoms with Crippen LogP contribution in [0.3, 0.4) is 0 Å². The third kappa shape index (κ3) is 4.34. The van der Waals surface area contributed by atoms with Crippen molar-refractivity contribution in [2.75, 3.05) is 6.54 Å². The van der Waals surface area contributed by atoms with Crippen molar-refractivity contribution >= 4 is 24.0 Å². The van der Waals surface area contributed by atoms with Crippen LogP contribution in [0.25, 0.3) is 0 Å². The van der Waals surface area contributed by atoms with E-state index in [1.165, 1.54) is 12.1 Å². The van der Waals surface area contributed by atoms with Crippen LogP contribution in [0.4, 0.5) is 4.39 Å². The Bertz CT molecular complexity index is 307. The molecule has 0 amide bonds. The minimum absolute atomic E-state index is 0. The zero-order chi connectivity index (χ0) is 10.6. The standard InChI is InChI=1S/C10H14ClFN2.ClH/c11-9-6-7(12)3-4-8(9)10(14)2-1-5-13;/h3-4,6,10H,1-2,5,13-14H2;1H/t10-;/m1./s1. The predicted molar refractivity (Wildman–Crippen MR) is 63.9 cm³/mol. The van der Waals surface area contributed by atoms with Crippen LogP contribution in [0.1, 0.15) is 24.4 Å². The number of rotatable bonds is 4. The zero-order valence-corrected chi connectivity index (χ0v) is 9.82. The van der Waals surface area contributed by atoms with Gasteiger partial charge in [-0.1, -0.05) is 17.7 Å². The molecule has 0 bridgehead atoms. The Kier molecular flexibility index (Phi) is 6.85. The Morgan fingerprint density at radius 1 is 1.40 bits per heavy atom. The van der Waals surface area contributed by atoms with Gasteiger partial charge in [0.15, 0.2) is 0 Å². The van der Waals surface area contributed by atoms with E-state index in [2.05, 4.69) is 0 Å². The lowest BCUT2D eigenvalue weighted by Crippen LogP contribution is -2.13. The lowest BCUT2D eigenvalue weighted by atomic mass is 10.0. The van der Waals surface area contributed by atoms with Gasteiger partial charge in [0, 0.05) is 11.1 Å². The van der Waals surface area contributed by atoms with E-state index in [9.17, 15) is 4.39 Å². The highest BCUT2D eigenvalue weighted by atomic mass is 35.5. The molecule has 1 rings (SSSR count). The average Bonchev–Trinajstić information content (AvgIpc) is 2.14. The Morgan fingerprint density at radius 3 is 2.60 bits per heavy atom. The van der Waals surface area contributed by atoms with Gasteiger partial charge in [0.25, 0.3) is 0 Å². The topological polar surface area (TPSA) is 52.0 Å². The van der Waals surface area contributed by atoms with Crippen LogP contribution in [-0.2, 0) is 0 Å². The number of hydrogen-bond acceptors (Lipinski definition) is 2. The van der Waals surface area contributed by atoms with Crippen LogP contribution < -0.4 is 11.5 Å². The van der Waals surface area contributed by atoms with Gasteiger partial charge >= 0.3 is 0 Å². The minimum Gasteiger partial charge on any atom is -0.330 e. The largest absolute Gasteiger partial charge is 0.330 e. The SMILES string of the molecule is Cl.NCCC[C@@H](N)c1ccc(F)cc1Cl. The Labute approximate surface area is 100 Å². The van der Waals surface area contributed by atoms with Gasteiger partial charge in [-0.25, -0.2) is 4.39 Å². The minimum atomic E-state index is -0.343. The normalized spacial score (nSPS) is 12.0. The maximum absolute atomic E-state index is 12.7. The van der Waals surface area contributed by atoms with Crippen molar-refractivity contribution in [3.05, 3.63) is 34.6 Å². The molecule has 1 aromatic carbocycles. The van der Waals surface area contributed by atoms with E-state index in [0.717, 1.165) is 18.4 Å². The molecule has 0 aliphatic heterocycles. The molecule has 1 atom stereocenters. The molecule has 86 valence electrons. The Balaban J connectivity index is 0.00000196. The second kappa shape index (κ2) is 7.01. The quantitative estimate of drug-likeness (QED) is 0.866. The van der Waals surface area contributed by atoms with Gasteiger partial charge in [-0.05, 0) is 37.1 Å². The van der Waals surface area contributed by atoms with Gasteiger partial charge in [0.1, 0.15) is 5.82 Å². The maximum Gasteiger partial charge on any atom is 0.124 e. The lowest BCUT2D eigenvalue weighted by molar-refractivity contribution is 0.607. The van der Waals surface area contributed by atoms with Gasteiger partial charge in [-0.2, -0.15) is 0 Å². The summed E-state index contributed by atoms with van der Waals surface area (Å²) in [6.07, 6.45) is 1.61. The number of halogens is 3. The summed E-state index contributed by atoms with van der Waals surface area (Å²) in [6.45, 7) is 0.604. The molecule has 1 aromatic rings. The highest BCUT2D eigenvalue weighted by Gasteiger charge is 2.09. The molecule has 0 fully saturated rings. The van der Waals surface area contributed by atoms with E-state index in [4.69, 9.17) is 23.1 Å². The first-order chi connectivity index (χ1) is 6.65. The van der Waals surface area contributed by atoms with Gasteiger partial charge < -0.3 is 11.5 Å². The molecular weight excluding hydrogens is 238 g/mol. The van der Waals surface area contributed by atoms with Gasteiger partial charge in [0.05, 0.1) is 0 Å². The number of benzene rings is 1. The zero-order valence-electron chi connectivity index (χ0n) is 8.25. The van der Waals surface area contributed by atoms with Crippen molar-refractivity contribution in [2.45, 2.75) is 18.9 Å². The molecule has 0 saturated heterocycles. The van der Waals surface area contributed by atoms with Crippen molar-refractivity contribution in [3.63, 3.8) is 0 Å². The highest BCUT2D eigenvalue weighted by molar-refractivity contribution is 6.31. The van der Waals surface area contributed by atoms with Crippen LogP contribution in [0, 0.1) is 5.82 Å². The van der Waals surface area contributed by atoms with E-state index >= 15 is 0 Å². The molecule has 0 radical (unpaired) electrons. The lowest BCUT2D eigenvalue weighted by Gasteiger charge is -2.12. The summed E-state index contributed by atoms with van der Waals surface area (Å²) in [5, 5.41) is 0.384. The van der Waals surface area contributed by atoms with Crippen molar-refractivity contribution in [2.24, 2.45) is 11.5 Å². The summed E-state index contributed by atoms with van der Waals surface area (Å²) in [5.41, 5.74) is 12.0. The van der Waals surface area contributed by atoms with Crippen molar-refractivity contribution in [1.29, 1.82) is 0 Å². The first-order valence-corrected chi connectivity index (χ1v) is 4.93. The third-order valence-corrected chi connectivity index (χ3v) is 2.41. The molecule has 0 spiro atoms. The highest BCUT2D eigenvalue weighted by Crippen LogP contribution is 2.24. The fraction of sp³-hybridized carbons (Fsp3) is 0.400. The molecule has 2 nitrogen and oxygen atoms in total. The molecule has 0 aliphatic rings. The molecule has 5 heteroatoms. The first kappa shape index (κ1) is 14.6. The summed E-state index contributed by atoms with van der Waals surface area (Å²) in [5.74, 6) is -0.343. The van der Waals surface area contributed by atoms with Crippen molar-refractivity contribution < 1.29 is 4.39 Å². The molecule has 15 heavy (non-hydrogen) atoms. The summed E-state index contributed by atoms with van der Waals surface area (Å²) >= 11 is 5.85. The van der Waals surface area contributed by atoms with Crippen molar-refractivity contribution in [1.82, 2.24) is 0 Å². The number of nitrogens with two attached hydrogens (primary N) is 2. The van der Waals surface area contributed by atoms with E-state index in [0.29, 0.717) is 11.6 Å². The molecular formula is C10H15Cl2FN2. The summed E-state index contributed by atoms with van der Waals surface area (Å²) in [4.78, 5) is 0. The molecule has 0 aromatic heterocycles. The van der Waals surface area contributed by atoms with Crippen LogP contribution in [-0.4, -0.2) is 6.54 Å². The Morgan fingerprint density at radius 2 is 2.07 bits per heavy atom. The van der Waals surface area contributed by atoms with Gasteiger partial charge in [0.2, 0.25) is 0 Å².